The highest BCUT2D eigenvalue weighted by Crippen LogP contribution is 2.27. The van der Waals surface area contributed by atoms with Crippen LogP contribution in [0, 0.1) is 3.57 Å². The molecule has 0 fully saturated rings. The Hall–Kier alpha value is -2.37. The predicted molar refractivity (Wildman–Crippen MR) is 122 cm³/mol. The van der Waals surface area contributed by atoms with Gasteiger partial charge < -0.3 is 0 Å². The molecule has 0 amide bonds. The van der Waals surface area contributed by atoms with Gasteiger partial charge in [-0.05, 0) is 72.0 Å². The first-order valence-electron chi connectivity index (χ1n) is 8.65. The van der Waals surface area contributed by atoms with Crippen LogP contribution in [0.15, 0.2) is 52.8 Å². The summed E-state index contributed by atoms with van der Waals surface area (Å²) >= 11 is 9.65. The van der Waals surface area contributed by atoms with Gasteiger partial charge in [-0.3, -0.25) is 9.36 Å². The molecule has 0 aliphatic carbocycles. The molecule has 0 aliphatic heterocycles. The zero-order valence-corrected chi connectivity index (χ0v) is 18.7. The third kappa shape index (κ3) is 3.13. The van der Waals surface area contributed by atoms with Gasteiger partial charge >= 0.3 is 0 Å². The summed E-state index contributed by atoms with van der Waals surface area (Å²) in [6.45, 7) is 1.90. The molecule has 5 aromatic rings. The van der Waals surface area contributed by atoms with Crippen molar-refractivity contribution < 1.29 is 0 Å². The molecule has 3 heterocycles. The second-order valence-electron chi connectivity index (χ2n) is 6.45. The lowest BCUT2D eigenvalue weighted by Gasteiger charge is -2.18. The van der Waals surface area contributed by atoms with E-state index in [1.807, 2.05) is 37.3 Å². The lowest BCUT2D eigenvalue weighted by molar-refractivity contribution is 0.566. The molecule has 2 aromatic carbocycles. The molecule has 0 saturated heterocycles. The quantitative estimate of drug-likeness (QED) is 0.320. The normalized spacial score (nSPS) is 12.7. The van der Waals surface area contributed by atoms with Gasteiger partial charge in [0.1, 0.15) is 11.3 Å². The molecule has 1 unspecified atom stereocenters. The van der Waals surface area contributed by atoms with Gasteiger partial charge in [0.15, 0.2) is 5.82 Å². The first-order valence-corrected chi connectivity index (χ1v) is 11.0. The van der Waals surface area contributed by atoms with Gasteiger partial charge in [-0.1, -0.05) is 22.9 Å². The standard InChI is InChI=1S/C19H12ClIN6OS/c1-10(16-24-25-19-27(16)22-9-29-19)26-17(11-2-4-12(20)5-3-11)23-15-7-6-13(21)8-14(15)18(26)28/h2-10H,1H3. The van der Waals surface area contributed by atoms with Crippen LogP contribution in [-0.2, 0) is 0 Å². The highest BCUT2D eigenvalue weighted by molar-refractivity contribution is 14.1. The fraction of sp³-hybridized carbons (Fsp3) is 0.105. The first kappa shape index (κ1) is 18.6. The summed E-state index contributed by atoms with van der Waals surface area (Å²) in [5, 5.41) is 13.9. The average molecular weight is 535 g/mol. The van der Waals surface area contributed by atoms with Gasteiger partial charge in [0.2, 0.25) is 4.96 Å². The van der Waals surface area contributed by atoms with E-state index in [1.54, 1.807) is 26.7 Å². The number of halogens is 2. The van der Waals surface area contributed by atoms with E-state index in [-0.39, 0.29) is 5.56 Å². The number of hydrogen-bond donors (Lipinski definition) is 0. The first-order chi connectivity index (χ1) is 14.0. The van der Waals surface area contributed by atoms with Crippen LogP contribution >= 0.6 is 45.5 Å². The smallest absolute Gasteiger partial charge is 0.262 e. The molecule has 0 N–H and O–H groups in total. The Morgan fingerprint density at radius 3 is 2.72 bits per heavy atom. The highest BCUT2D eigenvalue weighted by atomic mass is 127. The van der Waals surface area contributed by atoms with Crippen LogP contribution in [0.1, 0.15) is 18.8 Å². The van der Waals surface area contributed by atoms with Crippen LogP contribution in [-0.4, -0.2) is 29.4 Å². The van der Waals surface area contributed by atoms with E-state index in [4.69, 9.17) is 16.6 Å². The van der Waals surface area contributed by atoms with Crippen LogP contribution in [0.4, 0.5) is 0 Å². The molecule has 3 aromatic heterocycles. The molecular weight excluding hydrogens is 523 g/mol. The maximum absolute atomic E-state index is 13.6. The van der Waals surface area contributed by atoms with Gasteiger partial charge in [-0.25, -0.2) is 4.98 Å². The van der Waals surface area contributed by atoms with Crippen LogP contribution in [0.2, 0.25) is 5.02 Å². The molecule has 144 valence electrons. The van der Waals surface area contributed by atoms with Gasteiger partial charge in [-0.2, -0.15) is 9.61 Å². The minimum atomic E-state index is -0.431. The lowest BCUT2D eigenvalue weighted by atomic mass is 10.1. The summed E-state index contributed by atoms with van der Waals surface area (Å²) in [5.74, 6) is 1.12. The number of aromatic nitrogens is 6. The van der Waals surface area contributed by atoms with E-state index < -0.39 is 6.04 Å². The number of rotatable bonds is 3. The summed E-state index contributed by atoms with van der Waals surface area (Å²) in [5.41, 5.74) is 2.99. The maximum Gasteiger partial charge on any atom is 0.262 e. The van der Waals surface area contributed by atoms with Crippen molar-refractivity contribution in [3.63, 3.8) is 0 Å². The molecule has 0 bridgehead atoms. The maximum atomic E-state index is 13.6. The SMILES string of the molecule is CC(c1nnc2scnn12)n1c(-c2ccc(Cl)cc2)nc2ccc(I)cc2c1=O. The van der Waals surface area contributed by atoms with Crippen molar-refractivity contribution in [3.8, 4) is 11.4 Å². The minimum Gasteiger partial charge on any atom is -0.281 e. The highest BCUT2D eigenvalue weighted by Gasteiger charge is 2.23. The summed E-state index contributed by atoms with van der Waals surface area (Å²) in [6, 6.07) is 12.5. The average Bonchev–Trinajstić information content (AvgIpc) is 3.32. The second-order valence-corrected chi connectivity index (χ2v) is 8.94. The van der Waals surface area contributed by atoms with E-state index in [0.29, 0.717) is 32.5 Å². The number of hydrogen-bond acceptors (Lipinski definition) is 6. The van der Waals surface area contributed by atoms with Crippen molar-refractivity contribution in [1.82, 2.24) is 29.4 Å². The lowest BCUT2D eigenvalue weighted by Crippen LogP contribution is -2.28. The summed E-state index contributed by atoms with van der Waals surface area (Å²) in [6.07, 6.45) is 0. The van der Waals surface area contributed by atoms with Gasteiger partial charge in [-0.15, -0.1) is 10.2 Å². The van der Waals surface area contributed by atoms with Crippen molar-refractivity contribution in [1.29, 1.82) is 0 Å². The van der Waals surface area contributed by atoms with E-state index in [0.717, 1.165) is 9.13 Å². The van der Waals surface area contributed by atoms with Crippen molar-refractivity contribution in [2.24, 2.45) is 0 Å². The molecule has 0 aliphatic rings. The Bertz CT molecular complexity index is 1420. The van der Waals surface area contributed by atoms with Crippen LogP contribution in [0.5, 0.6) is 0 Å². The Morgan fingerprint density at radius 2 is 1.93 bits per heavy atom. The zero-order chi connectivity index (χ0) is 20.1. The second kappa shape index (κ2) is 7.15. The van der Waals surface area contributed by atoms with E-state index >= 15 is 0 Å². The van der Waals surface area contributed by atoms with E-state index in [9.17, 15) is 4.79 Å². The van der Waals surface area contributed by atoms with Crippen LogP contribution in [0.25, 0.3) is 27.3 Å². The van der Waals surface area contributed by atoms with Gasteiger partial charge in [0, 0.05) is 14.2 Å². The Balaban J connectivity index is 1.83. The number of nitrogens with zero attached hydrogens (tertiary/aromatic N) is 6. The largest absolute Gasteiger partial charge is 0.281 e. The van der Waals surface area contributed by atoms with Crippen LogP contribution < -0.4 is 5.56 Å². The topological polar surface area (TPSA) is 78.0 Å². The molecule has 29 heavy (non-hydrogen) atoms. The summed E-state index contributed by atoms with van der Waals surface area (Å²) in [7, 11) is 0. The Kier molecular flexibility index (Phi) is 4.60. The van der Waals surface area contributed by atoms with Crippen molar-refractivity contribution in [2.45, 2.75) is 13.0 Å². The molecule has 10 heteroatoms. The van der Waals surface area contributed by atoms with E-state index in [1.165, 1.54) is 11.3 Å². The fourth-order valence-electron chi connectivity index (χ4n) is 3.29. The van der Waals surface area contributed by atoms with Crippen LogP contribution in [0.3, 0.4) is 0 Å². The third-order valence-corrected chi connectivity index (χ3v) is 6.27. The fourth-order valence-corrected chi connectivity index (χ4v) is 4.47. The minimum absolute atomic E-state index is 0.141. The Morgan fingerprint density at radius 1 is 1.14 bits per heavy atom. The molecule has 0 saturated carbocycles. The molecule has 5 rings (SSSR count). The van der Waals surface area contributed by atoms with Crippen molar-refractivity contribution in [2.75, 3.05) is 0 Å². The monoisotopic (exact) mass is 534 g/mol. The zero-order valence-electron chi connectivity index (χ0n) is 15.0. The van der Waals surface area contributed by atoms with Gasteiger partial charge in [0.05, 0.1) is 16.9 Å². The molecule has 7 nitrogen and oxygen atoms in total. The van der Waals surface area contributed by atoms with Gasteiger partial charge in [0.25, 0.3) is 5.56 Å². The molecule has 0 radical (unpaired) electrons. The third-order valence-electron chi connectivity index (χ3n) is 4.68. The number of benzene rings is 2. The summed E-state index contributed by atoms with van der Waals surface area (Å²) in [4.78, 5) is 19.1. The molecular formula is C19H12ClIN6OS. The molecule has 0 spiro atoms. The molecule has 1 atom stereocenters. The number of fused-ring (bicyclic) bond motifs is 2. The predicted octanol–water partition coefficient (Wildman–Crippen LogP) is 4.43. The Labute approximate surface area is 187 Å². The van der Waals surface area contributed by atoms with Crippen molar-refractivity contribution >= 4 is 61.4 Å². The van der Waals surface area contributed by atoms with Crippen molar-refractivity contribution in [3.05, 3.63) is 72.7 Å². The summed E-state index contributed by atoms with van der Waals surface area (Å²) < 4.78 is 4.28. The van der Waals surface area contributed by atoms with E-state index in [2.05, 4.69) is 37.9 Å².